The molecule has 0 aliphatic rings. The van der Waals surface area contributed by atoms with E-state index in [1.165, 1.54) is 17.4 Å². The van der Waals surface area contributed by atoms with Crippen molar-refractivity contribution in [2.24, 2.45) is 5.73 Å². The molecule has 0 fully saturated rings. The molecule has 0 aliphatic carbocycles. The standard InChI is InChI=1S/C13H14ClFN2O2S2/c1-8-6-20-7-10(8)5-17-21(18,19)12-3-11(14)2-9(4-16)13(12)15/h2-3,6-7,17H,4-5,16H2,1H3. The van der Waals surface area contributed by atoms with Crippen molar-refractivity contribution in [2.45, 2.75) is 24.9 Å². The van der Waals surface area contributed by atoms with Crippen LogP contribution in [-0.2, 0) is 23.1 Å². The second-order valence-corrected chi connectivity index (χ2v) is 7.40. The van der Waals surface area contributed by atoms with E-state index in [1.54, 1.807) is 0 Å². The first-order valence-electron chi connectivity index (χ1n) is 6.04. The zero-order valence-electron chi connectivity index (χ0n) is 11.2. The van der Waals surface area contributed by atoms with Crippen LogP contribution in [0, 0.1) is 12.7 Å². The van der Waals surface area contributed by atoms with Gasteiger partial charge in [0.05, 0.1) is 0 Å². The van der Waals surface area contributed by atoms with Crippen LogP contribution in [0.15, 0.2) is 27.8 Å². The van der Waals surface area contributed by atoms with E-state index in [0.717, 1.165) is 17.2 Å². The molecular weight excluding hydrogens is 335 g/mol. The van der Waals surface area contributed by atoms with E-state index in [9.17, 15) is 12.8 Å². The van der Waals surface area contributed by atoms with E-state index in [0.29, 0.717) is 0 Å². The van der Waals surface area contributed by atoms with Gasteiger partial charge in [-0.1, -0.05) is 11.6 Å². The average molecular weight is 349 g/mol. The molecule has 1 aromatic carbocycles. The summed E-state index contributed by atoms with van der Waals surface area (Å²) in [6.07, 6.45) is 0. The summed E-state index contributed by atoms with van der Waals surface area (Å²) < 4.78 is 41.0. The van der Waals surface area contributed by atoms with Crippen LogP contribution in [-0.4, -0.2) is 8.42 Å². The topological polar surface area (TPSA) is 72.2 Å². The van der Waals surface area contributed by atoms with Crippen molar-refractivity contribution >= 4 is 33.0 Å². The van der Waals surface area contributed by atoms with E-state index in [4.69, 9.17) is 17.3 Å². The number of rotatable bonds is 5. The van der Waals surface area contributed by atoms with Gasteiger partial charge in [-0.3, -0.25) is 0 Å². The average Bonchev–Trinajstić information content (AvgIpc) is 2.84. The molecule has 0 spiro atoms. The quantitative estimate of drug-likeness (QED) is 0.872. The summed E-state index contributed by atoms with van der Waals surface area (Å²) in [4.78, 5) is -0.483. The molecule has 21 heavy (non-hydrogen) atoms. The van der Waals surface area contributed by atoms with Gasteiger partial charge in [0.15, 0.2) is 0 Å². The predicted octanol–water partition coefficient (Wildman–Crippen LogP) is 2.79. The summed E-state index contributed by atoms with van der Waals surface area (Å²) in [5.74, 6) is -0.864. The maximum Gasteiger partial charge on any atom is 0.243 e. The van der Waals surface area contributed by atoms with Crippen LogP contribution >= 0.6 is 22.9 Å². The fourth-order valence-corrected chi connectivity index (χ4v) is 4.09. The summed E-state index contributed by atoms with van der Waals surface area (Å²) in [6, 6.07) is 2.40. The third-order valence-corrected chi connectivity index (χ3v) is 5.53. The number of hydrogen-bond acceptors (Lipinski definition) is 4. The van der Waals surface area contributed by atoms with Crippen LogP contribution in [0.3, 0.4) is 0 Å². The summed E-state index contributed by atoms with van der Waals surface area (Å²) in [7, 11) is -4.00. The molecule has 4 nitrogen and oxygen atoms in total. The number of halogens is 2. The van der Waals surface area contributed by atoms with Gasteiger partial charge < -0.3 is 5.73 Å². The Morgan fingerprint density at radius 3 is 2.62 bits per heavy atom. The van der Waals surface area contributed by atoms with Crippen molar-refractivity contribution in [3.63, 3.8) is 0 Å². The zero-order valence-corrected chi connectivity index (χ0v) is 13.6. The lowest BCUT2D eigenvalue weighted by molar-refractivity contribution is 0.549. The molecule has 0 saturated heterocycles. The molecule has 0 unspecified atom stereocenters. The van der Waals surface area contributed by atoms with E-state index >= 15 is 0 Å². The fraction of sp³-hybridized carbons (Fsp3) is 0.231. The maximum atomic E-state index is 14.1. The molecule has 0 radical (unpaired) electrons. The van der Waals surface area contributed by atoms with Crippen molar-refractivity contribution in [1.29, 1.82) is 0 Å². The van der Waals surface area contributed by atoms with E-state index in [1.807, 2.05) is 17.7 Å². The van der Waals surface area contributed by atoms with Gasteiger partial charge in [0.2, 0.25) is 10.0 Å². The van der Waals surface area contributed by atoms with Crippen LogP contribution in [0.5, 0.6) is 0 Å². The first-order valence-corrected chi connectivity index (χ1v) is 8.85. The number of nitrogens with one attached hydrogen (secondary N) is 1. The Hall–Kier alpha value is -0.990. The molecule has 0 atom stereocenters. The Labute approximate surface area is 131 Å². The number of sulfonamides is 1. The van der Waals surface area contributed by atoms with Crippen molar-refractivity contribution in [3.8, 4) is 0 Å². The van der Waals surface area contributed by atoms with Gasteiger partial charge in [-0.2, -0.15) is 11.3 Å². The lowest BCUT2D eigenvalue weighted by Gasteiger charge is -2.10. The normalized spacial score (nSPS) is 11.8. The number of nitrogens with two attached hydrogens (primary N) is 1. The third kappa shape index (κ3) is 3.61. The Kier molecular flexibility index (Phi) is 5.00. The first kappa shape index (κ1) is 16.4. The predicted molar refractivity (Wildman–Crippen MR) is 82.4 cm³/mol. The highest BCUT2D eigenvalue weighted by molar-refractivity contribution is 7.89. The van der Waals surface area contributed by atoms with E-state index in [-0.39, 0.29) is 23.7 Å². The van der Waals surface area contributed by atoms with Crippen LogP contribution in [0.2, 0.25) is 5.02 Å². The number of thiophene rings is 1. The third-order valence-electron chi connectivity index (χ3n) is 3.00. The SMILES string of the molecule is Cc1cscc1CNS(=O)(=O)c1cc(Cl)cc(CN)c1F. The Morgan fingerprint density at radius 2 is 2.05 bits per heavy atom. The van der Waals surface area contributed by atoms with Crippen LogP contribution in [0.25, 0.3) is 0 Å². The van der Waals surface area contributed by atoms with Crippen molar-refractivity contribution in [1.82, 2.24) is 4.72 Å². The van der Waals surface area contributed by atoms with Crippen molar-refractivity contribution in [3.05, 3.63) is 50.4 Å². The lowest BCUT2D eigenvalue weighted by atomic mass is 10.2. The van der Waals surface area contributed by atoms with Gasteiger partial charge in [0, 0.05) is 23.7 Å². The summed E-state index contributed by atoms with van der Waals surface area (Å²) in [6.45, 7) is 1.85. The highest BCUT2D eigenvalue weighted by atomic mass is 35.5. The second kappa shape index (κ2) is 6.41. The Morgan fingerprint density at radius 1 is 1.33 bits per heavy atom. The molecule has 0 saturated carbocycles. The molecule has 0 aliphatic heterocycles. The fourth-order valence-electron chi connectivity index (χ4n) is 1.78. The summed E-state index contributed by atoms with van der Waals surface area (Å²) in [5.41, 5.74) is 7.29. The van der Waals surface area contributed by atoms with Gasteiger partial charge in [0.1, 0.15) is 10.7 Å². The lowest BCUT2D eigenvalue weighted by Crippen LogP contribution is -2.25. The highest BCUT2D eigenvalue weighted by Crippen LogP contribution is 2.24. The monoisotopic (exact) mass is 348 g/mol. The molecule has 2 aromatic rings. The highest BCUT2D eigenvalue weighted by Gasteiger charge is 2.22. The molecule has 0 bridgehead atoms. The number of hydrogen-bond donors (Lipinski definition) is 2. The first-order chi connectivity index (χ1) is 9.85. The second-order valence-electron chi connectivity index (χ2n) is 4.49. The van der Waals surface area contributed by atoms with E-state index < -0.39 is 20.7 Å². The molecule has 2 rings (SSSR count). The summed E-state index contributed by atoms with van der Waals surface area (Å²) >= 11 is 7.30. The van der Waals surface area contributed by atoms with Gasteiger partial charge in [-0.25, -0.2) is 17.5 Å². The smallest absolute Gasteiger partial charge is 0.243 e. The molecule has 114 valence electrons. The minimum Gasteiger partial charge on any atom is -0.326 e. The number of aryl methyl sites for hydroxylation is 1. The van der Waals surface area contributed by atoms with Gasteiger partial charge in [-0.05, 0) is 40.9 Å². The minimum atomic E-state index is -4.00. The molecule has 1 heterocycles. The molecule has 3 N–H and O–H groups in total. The van der Waals surface area contributed by atoms with Crippen LogP contribution in [0.1, 0.15) is 16.7 Å². The largest absolute Gasteiger partial charge is 0.326 e. The zero-order chi connectivity index (χ0) is 15.6. The van der Waals surface area contributed by atoms with E-state index in [2.05, 4.69) is 4.72 Å². The van der Waals surface area contributed by atoms with Gasteiger partial charge in [-0.15, -0.1) is 0 Å². The van der Waals surface area contributed by atoms with Crippen molar-refractivity contribution < 1.29 is 12.8 Å². The molecule has 1 aromatic heterocycles. The number of benzene rings is 1. The van der Waals surface area contributed by atoms with Gasteiger partial charge in [0.25, 0.3) is 0 Å². The van der Waals surface area contributed by atoms with Gasteiger partial charge >= 0.3 is 0 Å². The van der Waals surface area contributed by atoms with Crippen LogP contribution in [0.4, 0.5) is 4.39 Å². The van der Waals surface area contributed by atoms with Crippen molar-refractivity contribution in [2.75, 3.05) is 0 Å². The molecule has 8 heteroatoms. The maximum absolute atomic E-state index is 14.1. The Bertz CT molecular complexity index is 760. The molecule has 0 amide bonds. The minimum absolute atomic E-state index is 0.0644. The molecular formula is C13H14ClFN2O2S2. The Balaban J connectivity index is 2.32. The summed E-state index contributed by atoms with van der Waals surface area (Å²) in [5, 5.41) is 3.89. The van der Waals surface area contributed by atoms with Crippen LogP contribution < -0.4 is 10.5 Å².